The summed E-state index contributed by atoms with van der Waals surface area (Å²) in [5.74, 6) is -0.497. The molecule has 1 fully saturated rings. The van der Waals surface area contributed by atoms with Gasteiger partial charge < -0.3 is 4.90 Å². The van der Waals surface area contributed by atoms with Crippen LogP contribution in [-0.2, 0) is 21.4 Å². The largest absolute Gasteiger partial charge is 0.340 e. The summed E-state index contributed by atoms with van der Waals surface area (Å²) in [6, 6.07) is 16.5. The first-order valence-corrected chi connectivity index (χ1v) is 11.6. The van der Waals surface area contributed by atoms with E-state index in [0.717, 1.165) is 23.9 Å². The van der Waals surface area contributed by atoms with Gasteiger partial charge in [0.15, 0.2) is 0 Å². The Balaban J connectivity index is 1.25. The normalized spacial score (nSPS) is 18.5. The van der Waals surface area contributed by atoms with Crippen LogP contribution in [-0.4, -0.2) is 67.1 Å². The molecule has 158 valence electrons. The molecule has 1 saturated heterocycles. The van der Waals surface area contributed by atoms with Crippen molar-refractivity contribution in [2.45, 2.75) is 24.3 Å². The smallest absolute Gasteiger partial charge is 0.269 e. The SMILES string of the molecule is O=C(CCCN1C(=O)c2ccccc2S1(=O)=O)N1CCN(Cc2ccccc2)CC1. The number of nitrogens with zero attached hydrogens (tertiary/aromatic N) is 3. The summed E-state index contributed by atoms with van der Waals surface area (Å²) in [7, 11) is -3.80. The van der Waals surface area contributed by atoms with Crippen LogP contribution in [0.3, 0.4) is 0 Å². The van der Waals surface area contributed by atoms with Crippen LogP contribution in [0.1, 0.15) is 28.8 Å². The van der Waals surface area contributed by atoms with Crippen molar-refractivity contribution >= 4 is 21.8 Å². The molecule has 30 heavy (non-hydrogen) atoms. The topological polar surface area (TPSA) is 78.0 Å². The minimum Gasteiger partial charge on any atom is -0.340 e. The molecule has 2 aliphatic rings. The number of benzene rings is 2. The highest BCUT2D eigenvalue weighted by Gasteiger charge is 2.40. The molecular weight excluding hydrogens is 402 g/mol. The summed E-state index contributed by atoms with van der Waals surface area (Å²) in [6.07, 6.45) is 0.552. The Morgan fingerprint density at radius 3 is 2.27 bits per heavy atom. The van der Waals surface area contributed by atoms with Crippen LogP contribution in [0.25, 0.3) is 0 Å². The maximum absolute atomic E-state index is 12.6. The Bertz CT molecular complexity index is 1030. The standard InChI is InChI=1S/C22H25N3O4S/c26-21(24-15-13-23(14-16-24)17-18-7-2-1-3-8-18)11-6-12-25-22(27)19-9-4-5-10-20(19)30(25,28)29/h1-5,7-10H,6,11-17H2. The van der Waals surface area contributed by atoms with E-state index in [1.54, 1.807) is 12.1 Å². The van der Waals surface area contributed by atoms with E-state index in [2.05, 4.69) is 17.0 Å². The van der Waals surface area contributed by atoms with E-state index in [0.29, 0.717) is 19.5 Å². The van der Waals surface area contributed by atoms with Gasteiger partial charge in [0.25, 0.3) is 15.9 Å². The predicted octanol–water partition coefficient (Wildman–Crippen LogP) is 1.96. The molecule has 8 heteroatoms. The van der Waals surface area contributed by atoms with E-state index in [-0.39, 0.29) is 29.3 Å². The van der Waals surface area contributed by atoms with E-state index in [1.165, 1.54) is 17.7 Å². The molecule has 0 N–H and O–H groups in total. The number of fused-ring (bicyclic) bond motifs is 1. The average Bonchev–Trinajstić information content (AvgIpc) is 2.96. The minimum absolute atomic E-state index is 0.0101. The summed E-state index contributed by atoms with van der Waals surface area (Å²) >= 11 is 0. The predicted molar refractivity (Wildman–Crippen MR) is 112 cm³/mol. The second-order valence-electron chi connectivity index (χ2n) is 7.62. The second kappa shape index (κ2) is 8.57. The average molecular weight is 428 g/mol. The van der Waals surface area contributed by atoms with Crippen LogP contribution < -0.4 is 0 Å². The van der Waals surface area contributed by atoms with Crippen molar-refractivity contribution in [2.75, 3.05) is 32.7 Å². The summed E-state index contributed by atoms with van der Waals surface area (Å²) in [4.78, 5) is 29.2. The molecule has 2 amide bonds. The van der Waals surface area contributed by atoms with Crippen molar-refractivity contribution < 1.29 is 18.0 Å². The molecular formula is C22H25N3O4S. The van der Waals surface area contributed by atoms with Crippen molar-refractivity contribution in [3.63, 3.8) is 0 Å². The highest BCUT2D eigenvalue weighted by atomic mass is 32.2. The van der Waals surface area contributed by atoms with Crippen LogP contribution >= 0.6 is 0 Å². The molecule has 0 aliphatic carbocycles. The lowest BCUT2D eigenvalue weighted by molar-refractivity contribution is -0.133. The maximum Gasteiger partial charge on any atom is 0.269 e. The first-order chi connectivity index (χ1) is 14.5. The first-order valence-electron chi connectivity index (χ1n) is 10.2. The molecule has 2 aliphatic heterocycles. The summed E-state index contributed by atoms with van der Waals surface area (Å²) in [5, 5.41) is 0. The van der Waals surface area contributed by atoms with Gasteiger partial charge >= 0.3 is 0 Å². The number of carbonyl (C=O) groups excluding carboxylic acids is 2. The third-order valence-corrected chi connectivity index (χ3v) is 7.48. The molecule has 0 atom stereocenters. The van der Waals surface area contributed by atoms with Gasteiger partial charge in [0, 0.05) is 45.7 Å². The summed E-state index contributed by atoms with van der Waals surface area (Å²) in [5.41, 5.74) is 1.47. The molecule has 4 rings (SSSR count). The molecule has 2 aromatic rings. The van der Waals surface area contributed by atoms with Crippen LogP contribution in [0.2, 0.25) is 0 Å². The van der Waals surface area contributed by atoms with Gasteiger partial charge in [-0.2, -0.15) is 0 Å². The van der Waals surface area contributed by atoms with Crippen LogP contribution in [0, 0.1) is 0 Å². The molecule has 0 radical (unpaired) electrons. The third kappa shape index (κ3) is 4.11. The van der Waals surface area contributed by atoms with Gasteiger partial charge in [-0.15, -0.1) is 0 Å². The Morgan fingerprint density at radius 1 is 0.900 bits per heavy atom. The molecule has 7 nitrogen and oxygen atoms in total. The second-order valence-corrected chi connectivity index (χ2v) is 9.46. The van der Waals surface area contributed by atoms with E-state index >= 15 is 0 Å². The van der Waals surface area contributed by atoms with Gasteiger partial charge in [-0.25, -0.2) is 12.7 Å². The van der Waals surface area contributed by atoms with Crippen molar-refractivity contribution in [2.24, 2.45) is 0 Å². The Kier molecular flexibility index (Phi) is 5.87. The van der Waals surface area contributed by atoms with Gasteiger partial charge in [0.05, 0.1) is 5.56 Å². The zero-order valence-electron chi connectivity index (χ0n) is 16.7. The minimum atomic E-state index is -3.80. The highest BCUT2D eigenvalue weighted by molar-refractivity contribution is 7.90. The van der Waals surface area contributed by atoms with Gasteiger partial charge in [0.2, 0.25) is 5.91 Å². The Hall–Kier alpha value is -2.71. The molecule has 0 unspecified atom stereocenters. The lowest BCUT2D eigenvalue weighted by Gasteiger charge is -2.35. The van der Waals surface area contributed by atoms with E-state index in [4.69, 9.17) is 0 Å². The fraction of sp³-hybridized carbons (Fsp3) is 0.364. The summed E-state index contributed by atoms with van der Waals surface area (Å²) in [6.45, 7) is 3.86. The lowest BCUT2D eigenvalue weighted by Crippen LogP contribution is -2.48. The first kappa shape index (κ1) is 20.6. The number of hydrogen-bond donors (Lipinski definition) is 0. The zero-order chi connectivity index (χ0) is 21.1. The number of sulfonamides is 1. The van der Waals surface area contributed by atoms with Crippen molar-refractivity contribution in [1.29, 1.82) is 0 Å². The molecule has 0 spiro atoms. The molecule has 0 saturated carbocycles. The Labute approximate surface area is 176 Å². The fourth-order valence-electron chi connectivity index (χ4n) is 3.98. The number of piperazine rings is 1. The van der Waals surface area contributed by atoms with Gasteiger partial charge in [-0.05, 0) is 24.1 Å². The lowest BCUT2D eigenvalue weighted by atomic mass is 10.2. The molecule has 0 aromatic heterocycles. The highest BCUT2D eigenvalue weighted by Crippen LogP contribution is 2.30. The monoisotopic (exact) mass is 427 g/mol. The fourth-order valence-corrected chi connectivity index (χ4v) is 5.59. The van der Waals surface area contributed by atoms with Crippen LogP contribution in [0.5, 0.6) is 0 Å². The zero-order valence-corrected chi connectivity index (χ0v) is 17.6. The number of rotatable bonds is 6. The van der Waals surface area contributed by atoms with Gasteiger partial charge in [0.1, 0.15) is 4.90 Å². The molecule has 2 aromatic carbocycles. The van der Waals surface area contributed by atoms with Crippen molar-refractivity contribution in [3.8, 4) is 0 Å². The number of hydrogen-bond acceptors (Lipinski definition) is 5. The number of carbonyl (C=O) groups is 2. The number of amides is 2. The van der Waals surface area contributed by atoms with E-state index < -0.39 is 15.9 Å². The van der Waals surface area contributed by atoms with Gasteiger partial charge in [-0.3, -0.25) is 14.5 Å². The summed E-state index contributed by atoms with van der Waals surface area (Å²) < 4.78 is 26.0. The van der Waals surface area contributed by atoms with Crippen molar-refractivity contribution in [3.05, 3.63) is 65.7 Å². The van der Waals surface area contributed by atoms with Gasteiger partial charge in [-0.1, -0.05) is 42.5 Å². The maximum atomic E-state index is 12.6. The molecule has 2 heterocycles. The van der Waals surface area contributed by atoms with Crippen LogP contribution in [0.4, 0.5) is 0 Å². The third-order valence-electron chi connectivity index (χ3n) is 5.64. The van der Waals surface area contributed by atoms with Crippen molar-refractivity contribution in [1.82, 2.24) is 14.1 Å². The van der Waals surface area contributed by atoms with E-state index in [1.807, 2.05) is 23.1 Å². The Morgan fingerprint density at radius 2 is 1.57 bits per heavy atom. The van der Waals surface area contributed by atoms with Crippen LogP contribution in [0.15, 0.2) is 59.5 Å². The molecule has 0 bridgehead atoms. The van der Waals surface area contributed by atoms with E-state index in [9.17, 15) is 18.0 Å². The quantitative estimate of drug-likeness (QED) is 0.704.